The van der Waals surface area contributed by atoms with Crippen LogP contribution in [0, 0.1) is 0 Å². The van der Waals surface area contributed by atoms with Crippen LogP contribution in [-0.4, -0.2) is 44.0 Å². The minimum absolute atomic E-state index is 0.142. The van der Waals surface area contributed by atoms with Crippen molar-refractivity contribution in [1.29, 1.82) is 0 Å². The summed E-state index contributed by atoms with van der Waals surface area (Å²) in [6, 6.07) is 8.74. The summed E-state index contributed by atoms with van der Waals surface area (Å²) in [5.74, 6) is 0.884. The number of rotatable bonds is 9. The van der Waals surface area contributed by atoms with Gasteiger partial charge in [-0.15, -0.1) is 0 Å². The van der Waals surface area contributed by atoms with Crippen molar-refractivity contribution in [2.45, 2.75) is 44.2 Å². The monoisotopic (exact) mass is 292 g/mol. The second-order valence-corrected chi connectivity index (χ2v) is 6.36. The van der Waals surface area contributed by atoms with Crippen molar-refractivity contribution in [3.05, 3.63) is 24.3 Å². The zero-order valence-electron chi connectivity index (χ0n) is 13.4. The molecule has 0 heterocycles. The first kappa shape index (κ1) is 16.1. The van der Waals surface area contributed by atoms with Gasteiger partial charge in [0.15, 0.2) is 0 Å². The van der Waals surface area contributed by atoms with Gasteiger partial charge < -0.3 is 20.1 Å². The Morgan fingerprint density at radius 1 is 1.43 bits per heavy atom. The minimum atomic E-state index is -0.142. The van der Waals surface area contributed by atoms with E-state index in [0.717, 1.165) is 30.8 Å². The first-order valence-electron chi connectivity index (χ1n) is 7.80. The number of benzene rings is 1. The Kier molecular flexibility index (Phi) is 5.48. The maximum atomic E-state index is 9.62. The van der Waals surface area contributed by atoms with E-state index < -0.39 is 0 Å². The van der Waals surface area contributed by atoms with Gasteiger partial charge in [-0.1, -0.05) is 6.07 Å². The van der Waals surface area contributed by atoms with Gasteiger partial charge in [0.1, 0.15) is 5.75 Å². The molecule has 0 amide bonds. The molecule has 4 nitrogen and oxygen atoms in total. The van der Waals surface area contributed by atoms with E-state index in [2.05, 4.69) is 30.3 Å². The maximum Gasteiger partial charge on any atom is 0.120 e. The fourth-order valence-corrected chi connectivity index (χ4v) is 2.60. The summed E-state index contributed by atoms with van der Waals surface area (Å²) < 4.78 is 5.26. The molecule has 1 saturated carbocycles. The summed E-state index contributed by atoms with van der Waals surface area (Å²) >= 11 is 0. The van der Waals surface area contributed by atoms with E-state index in [1.165, 1.54) is 12.8 Å². The average molecular weight is 292 g/mol. The molecular weight excluding hydrogens is 264 g/mol. The van der Waals surface area contributed by atoms with Gasteiger partial charge in [-0.25, -0.2) is 0 Å². The Balaban J connectivity index is 1.80. The molecular formula is C17H28N2O2. The molecule has 0 aliphatic heterocycles. The SMILES string of the molecule is COc1cccc(N(C)CCCC(C)(CO)NC2CC2)c1. The Morgan fingerprint density at radius 2 is 2.19 bits per heavy atom. The topological polar surface area (TPSA) is 44.7 Å². The number of nitrogens with zero attached hydrogens (tertiary/aromatic N) is 1. The molecule has 2 rings (SSSR count). The molecule has 118 valence electrons. The molecule has 0 spiro atoms. The Bertz CT molecular complexity index is 448. The number of methoxy groups -OCH3 is 1. The summed E-state index contributed by atoms with van der Waals surface area (Å²) in [6.07, 6.45) is 4.53. The van der Waals surface area contributed by atoms with Gasteiger partial charge in [-0.2, -0.15) is 0 Å². The number of nitrogens with one attached hydrogen (secondary N) is 1. The van der Waals surface area contributed by atoms with E-state index in [1.54, 1.807) is 7.11 Å². The van der Waals surface area contributed by atoms with E-state index in [-0.39, 0.29) is 12.1 Å². The van der Waals surface area contributed by atoms with E-state index in [4.69, 9.17) is 4.74 Å². The third kappa shape index (κ3) is 4.90. The van der Waals surface area contributed by atoms with Crippen molar-refractivity contribution >= 4 is 5.69 Å². The van der Waals surface area contributed by atoms with E-state index in [0.29, 0.717) is 6.04 Å². The molecule has 1 fully saturated rings. The maximum absolute atomic E-state index is 9.62. The van der Waals surface area contributed by atoms with Crippen LogP contribution < -0.4 is 15.0 Å². The fourth-order valence-electron chi connectivity index (χ4n) is 2.60. The van der Waals surface area contributed by atoms with Crippen LogP contribution in [0.25, 0.3) is 0 Å². The second kappa shape index (κ2) is 7.14. The molecule has 0 saturated heterocycles. The lowest BCUT2D eigenvalue weighted by molar-refractivity contribution is 0.162. The smallest absolute Gasteiger partial charge is 0.120 e. The highest BCUT2D eigenvalue weighted by Crippen LogP contribution is 2.25. The van der Waals surface area contributed by atoms with Crippen LogP contribution in [0.15, 0.2) is 24.3 Å². The lowest BCUT2D eigenvalue weighted by atomic mass is 9.96. The minimum Gasteiger partial charge on any atom is -0.497 e. The molecule has 1 aliphatic rings. The third-order valence-corrected chi connectivity index (χ3v) is 4.20. The summed E-state index contributed by atoms with van der Waals surface area (Å²) in [4.78, 5) is 2.23. The highest BCUT2D eigenvalue weighted by molar-refractivity contribution is 5.49. The highest BCUT2D eigenvalue weighted by Gasteiger charge is 2.31. The first-order valence-corrected chi connectivity index (χ1v) is 7.80. The molecule has 21 heavy (non-hydrogen) atoms. The van der Waals surface area contributed by atoms with Gasteiger partial charge in [0, 0.05) is 36.9 Å². The van der Waals surface area contributed by atoms with Crippen LogP contribution >= 0.6 is 0 Å². The van der Waals surface area contributed by atoms with Crippen molar-refractivity contribution in [3.8, 4) is 5.75 Å². The molecule has 1 atom stereocenters. The Labute approximate surface area is 128 Å². The van der Waals surface area contributed by atoms with Crippen LogP contribution in [0.3, 0.4) is 0 Å². The number of anilines is 1. The second-order valence-electron chi connectivity index (χ2n) is 6.36. The van der Waals surface area contributed by atoms with Crippen molar-refractivity contribution in [3.63, 3.8) is 0 Å². The zero-order valence-corrected chi connectivity index (χ0v) is 13.4. The highest BCUT2D eigenvalue weighted by atomic mass is 16.5. The van der Waals surface area contributed by atoms with Crippen LogP contribution in [-0.2, 0) is 0 Å². The Morgan fingerprint density at radius 3 is 2.81 bits per heavy atom. The summed E-state index contributed by atoms with van der Waals surface area (Å²) in [5.41, 5.74) is 1.02. The summed E-state index contributed by atoms with van der Waals surface area (Å²) in [5, 5.41) is 13.2. The molecule has 0 bridgehead atoms. The quantitative estimate of drug-likeness (QED) is 0.734. The number of aliphatic hydroxyl groups is 1. The van der Waals surface area contributed by atoms with E-state index >= 15 is 0 Å². The molecule has 0 radical (unpaired) electrons. The molecule has 4 heteroatoms. The van der Waals surface area contributed by atoms with Crippen LogP contribution in [0.5, 0.6) is 5.75 Å². The van der Waals surface area contributed by atoms with Crippen LogP contribution in [0.2, 0.25) is 0 Å². The predicted molar refractivity (Wildman–Crippen MR) is 87.1 cm³/mol. The largest absolute Gasteiger partial charge is 0.497 e. The molecule has 1 aliphatic carbocycles. The van der Waals surface area contributed by atoms with Gasteiger partial charge in [-0.3, -0.25) is 0 Å². The van der Waals surface area contributed by atoms with E-state index in [9.17, 15) is 5.11 Å². The lowest BCUT2D eigenvalue weighted by Gasteiger charge is -2.30. The van der Waals surface area contributed by atoms with Crippen molar-refractivity contribution < 1.29 is 9.84 Å². The van der Waals surface area contributed by atoms with E-state index in [1.807, 2.05) is 18.2 Å². The van der Waals surface area contributed by atoms with Crippen molar-refractivity contribution in [1.82, 2.24) is 5.32 Å². The van der Waals surface area contributed by atoms with Gasteiger partial charge >= 0.3 is 0 Å². The number of hydrogen-bond donors (Lipinski definition) is 2. The average Bonchev–Trinajstić information content (AvgIpc) is 3.31. The molecule has 0 aromatic heterocycles. The number of ether oxygens (including phenoxy) is 1. The number of aliphatic hydroxyl groups excluding tert-OH is 1. The molecule has 2 N–H and O–H groups in total. The normalized spacial score (nSPS) is 17.3. The first-order chi connectivity index (χ1) is 10.1. The predicted octanol–water partition coefficient (Wildman–Crippen LogP) is 2.41. The molecule has 1 aromatic rings. The molecule has 1 unspecified atom stereocenters. The van der Waals surface area contributed by atoms with Crippen LogP contribution in [0.1, 0.15) is 32.6 Å². The zero-order chi connectivity index (χ0) is 15.3. The van der Waals surface area contributed by atoms with Crippen molar-refractivity contribution in [2.75, 3.05) is 32.2 Å². The summed E-state index contributed by atoms with van der Waals surface area (Å²) in [7, 11) is 3.79. The molecule has 1 aromatic carbocycles. The number of hydrogen-bond acceptors (Lipinski definition) is 4. The summed E-state index contributed by atoms with van der Waals surface area (Å²) in [6.45, 7) is 3.29. The standard InChI is InChI=1S/C17H28N2O2/c1-17(13-20,18-14-8-9-14)10-5-11-19(2)15-6-4-7-16(12-15)21-3/h4,6-7,12,14,18,20H,5,8-11,13H2,1-3H3. The van der Waals surface area contributed by atoms with Gasteiger partial charge in [0.25, 0.3) is 0 Å². The van der Waals surface area contributed by atoms with Crippen molar-refractivity contribution in [2.24, 2.45) is 0 Å². The van der Waals surface area contributed by atoms with Gasteiger partial charge in [-0.05, 0) is 44.7 Å². The van der Waals surface area contributed by atoms with Crippen LogP contribution in [0.4, 0.5) is 5.69 Å². The lowest BCUT2D eigenvalue weighted by Crippen LogP contribution is -2.47. The fraction of sp³-hybridized carbons (Fsp3) is 0.647. The van der Waals surface area contributed by atoms with Gasteiger partial charge in [0.2, 0.25) is 0 Å². The van der Waals surface area contributed by atoms with Gasteiger partial charge in [0.05, 0.1) is 13.7 Å². The Hall–Kier alpha value is -1.26. The third-order valence-electron chi connectivity index (χ3n) is 4.20.